The zero-order valence-corrected chi connectivity index (χ0v) is 25.2. The van der Waals surface area contributed by atoms with Gasteiger partial charge in [-0.3, -0.25) is 13.9 Å². The maximum absolute atomic E-state index is 14.1. The Morgan fingerprint density at radius 1 is 0.976 bits per heavy atom. The Morgan fingerprint density at radius 2 is 1.66 bits per heavy atom. The second-order valence-electron chi connectivity index (χ2n) is 8.90. The van der Waals surface area contributed by atoms with Gasteiger partial charge in [0.2, 0.25) is 11.8 Å². The third-order valence-electron chi connectivity index (χ3n) is 6.31. The molecule has 220 valence electrons. The molecule has 3 rings (SSSR count). The number of sulfonamides is 1. The second-order valence-corrected chi connectivity index (χ2v) is 11.2. The molecule has 2 amide bonds. The van der Waals surface area contributed by atoms with E-state index in [-0.39, 0.29) is 22.9 Å². The predicted octanol–water partition coefficient (Wildman–Crippen LogP) is 4.11. The van der Waals surface area contributed by atoms with E-state index in [4.69, 9.17) is 25.8 Å². The van der Waals surface area contributed by atoms with Gasteiger partial charge in [0.25, 0.3) is 10.0 Å². The lowest BCUT2D eigenvalue weighted by molar-refractivity contribution is -0.139. The van der Waals surface area contributed by atoms with Gasteiger partial charge in [0.1, 0.15) is 18.3 Å². The third kappa shape index (κ3) is 7.62. The number of halogens is 1. The zero-order chi connectivity index (χ0) is 30.2. The van der Waals surface area contributed by atoms with E-state index in [1.165, 1.54) is 44.4 Å². The van der Waals surface area contributed by atoms with Gasteiger partial charge in [-0.25, -0.2) is 8.42 Å². The van der Waals surface area contributed by atoms with Crippen LogP contribution in [-0.2, 0) is 26.2 Å². The lowest BCUT2D eigenvalue weighted by Gasteiger charge is -2.32. The monoisotopic (exact) mass is 603 g/mol. The van der Waals surface area contributed by atoms with Crippen molar-refractivity contribution in [2.24, 2.45) is 0 Å². The van der Waals surface area contributed by atoms with Gasteiger partial charge in [0.05, 0.1) is 31.4 Å². The van der Waals surface area contributed by atoms with Gasteiger partial charge in [0.15, 0.2) is 11.5 Å². The van der Waals surface area contributed by atoms with Crippen LogP contribution in [0, 0.1) is 0 Å². The first-order valence-electron chi connectivity index (χ1n) is 12.8. The number of anilines is 1. The van der Waals surface area contributed by atoms with Crippen molar-refractivity contribution in [3.05, 3.63) is 77.3 Å². The van der Waals surface area contributed by atoms with Gasteiger partial charge in [0, 0.05) is 24.7 Å². The molecule has 3 aromatic rings. The Hall–Kier alpha value is -3.96. The van der Waals surface area contributed by atoms with Crippen molar-refractivity contribution in [2.45, 2.75) is 31.3 Å². The molecule has 1 N–H and O–H groups in total. The normalized spacial score (nSPS) is 11.8. The second kappa shape index (κ2) is 14.1. The molecule has 41 heavy (non-hydrogen) atoms. The Morgan fingerprint density at radius 3 is 2.24 bits per heavy atom. The van der Waals surface area contributed by atoms with Crippen molar-refractivity contribution in [3.63, 3.8) is 0 Å². The number of nitrogens with zero attached hydrogens (tertiary/aromatic N) is 2. The van der Waals surface area contributed by atoms with Crippen LogP contribution in [0.15, 0.2) is 71.6 Å². The molecule has 0 aliphatic heterocycles. The first kappa shape index (κ1) is 31.6. The summed E-state index contributed by atoms with van der Waals surface area (Å²) < 4.78 is 45.2. The molecule has 1 atom stereocenters. The largest absolute Gasteiger partial charge is 0.494 e. The molecule has 10 nitrogen and oxygen atoms in total. The first-order valence-corrected chi connectivity index (χ1v) is 14.6. The number of methoxy groups -OCH3 is 2. The van der Waals surface area contributed by atoms with Gasteiger partial charge < -0.3 is 24.4 Å². The van der Waals surface area contributed by atoms with Crippen molar-refractivity contribution >= 4 is 39.1 Å². The summed E-state index contributed by atoms with van der Waals surface area (Å²) in [6.45, 7) is 3.28. The Kier molecular flexibility index (Phi) is 10.8. The summed E-state index contributed by atoms with van der Waals surface area (Å²) >= 11 is 6.15. The highest BCUT2D eigenvalue weighted by molar-refractivity contribution is 7.92. The van der Waals surface area contributed by atoms with E-state index in [2.05, 4.69) is 5.32 Å². The highest BCUT2D eigenvalue weighted by Crippen LogP contribution is 2.33. The number of carbonyl (C=O) groups is 2. The number of nitrogens with one attached hydrogen (secondary N) is 1. The molecule has 0 bridgehead atoms. The maximum Gasteiger partial charge on any atom is 0.264 e. The Bertz CT molecular complexity index is 1470. The number of benzene rings is 3. The van der Waals surface area contributed by atoms with Crippen LogP contribution in [0.4, 0.5) is 5.69 Å². The number of rotatable bonds is 13. The minimum atomic E-state index is -4.31. The molecular weight excluding hydrogens is 570 g/mol. The van der Waals surface area contributed by atoms with E-state index in [1.54, 1.807) is 55.5 Å². The predicted molar refractivity (Wildman–Crippen MR) is 157 cm³/mol. The fraction of sp³-hybridized carbons (Fsp3) is 0.310. The quantitative estimate of drug-likeness (QED) is 0.313. The maximum atomic E-state index is 14.1. The molecule has 0 heterocycles. The molecule has 3 aromatic carbocycles. The fourth-order valence-electron chi connectivity index (χ4n) is 4.13. The molecule has 0 spiro atoms. The van der Waals surface area contributed by atoms with Crippen molar-refractivity contribution in [1.82, 2.24) is 10.2 Å². The molecule has 0 aliphatic carbocycles. The van der Waals surface area contributed by atoms with Crippen molar-refractivity contribution in [3.8, 4) is 17.2 Å². The van der Waals surface area contributed by atoms with Crippen molar-refractivity contribution in [2.75, 3.05) is 38.7 Å². The molecule has 0 radical (unpaired) electrons. The summed E-state index contributed by atoms with van der Waals surface area (Å²) in [6.07, 6.45) is 0. The molecular formula is C29H34ClN3O7S. The van der Waals surface area contributed by atoms with E-state index in [1.807, 2.05) is 6.92 Å². The van der Waals surface area contributed by atoms with Crippen LogP contribution in [0.5, 0.6) is 17.2 Å². The van der Waals surface area contributed by atoms with E-state index < -0.39 is 34.4 Å². The summed E-state index contributed by atoms with van der Waals surface area (Å²) in [4.78, 5) is 27.7. The van der Waals surface area contributed by atoms with Gasteiger partial charge >= 0.3 is 0 Å². The van der Waals surface area contributed by atoms with Crippen LogP contribution in [0.25, 0.3) is 0 Å². The van der Waals surface area contributed by atoms with E-state index >= 15 is 0 Å². The lowest BCUT2D eigenvalue weighted by atomic mass is 10.1. The number of amides is 2. The van der Waals surface area contributed by atoms with Crippen LogP contribution >= 0.6 is 11.6 Å². The van der Waals surface area contributed by atoms with Gasteiger partial charge in [-0.05, 0) is 67.9 Å². The number of ether oxygens (including phenoxy) is 3. The summed E-state index contributed by atoms with van der Waals surface area (Å²) in [6, 6.07) is 16.5. The topological polar surface area (TPSA) is 114 Å². The van der Waals surface area contributed by atoms with Crippen molar-refractivity contribution in [1.29, 1.82) is 0 Å². The van der Waals surface area contributed by atoms with Crippen LogP contribution in [0.1, 0.15) is 19.4 Å². The van der Waals surface area contributed by atoms with Gasteiger partial charge in [-0.1, -0.05) is 23.7 Å². The molecule has 12 heteroatoms. The average molecular weight is 604 g/mol. The minimum Gasteiger partial charge on any atom is -0.494 e. The van der Waals surface area contributed by atoms with Crippen LogP contribution in [0.2, 0.25) is 5.02 Å². The highest BCUT2D eigenvalue weighted by atomic mass is 35.5. The summed E-state index contributed by atoms with van der Waals surface area (Å²) in [5, 5.41) is 3.02. The number of carbonyl (C=O) groups excluding carboxylic acids is 2. The highest BCUT2D eigenvalue weighted by Gasteiger charge is 2.33. The summed E-state index contributed by atoms with van der Waals surface area (Å²) in [5.41, 5.74) is 0.906. The fourth-order valence-corrected chi connectivity index (χ4v) is 5.77. The van der Waals surface area contributed by atoms with E-state index in [0.29, 0.717) is 28.7 Å². The van der Waals surface area contributed by atoms with Crippen molar-refractivity contribution < 1.29 is 32.2 Å². The molecule has 0 saturated heterocycles. The zero-order valence-electron chi connectivity index (χ0n) is 23.6. The van der Waals surface area contributed by atoms with Crippen LogP contribution in [0.3, 0.4) is 0 Å². The minimum absolute atomic E-state index is 0.0293. The molecule has 0 saturated carbocycles. The van der Waals surface area contributed by atoms with E-state index in [0.717, 1.165) is 4.31 Å². The van der Waals surface area contributed by atoms with Gasteiger partial charge in [-0.2, -0.15) is 0 Å². The molecule has 0 fully saturated rings. The summed E-state index contributed by atoms with van der Waals surface area (Å²) in [7, 11) is 0.000385. The lowest BCUT2D eigenvalue weighted by Crippen LogP contribution is -2.50. The summed E-state index contributed by atoms with van der Waals surface area (Å²) in [5.74, 6) is 0.0984. The molecule has 0 aliphatic rings. The van der Waals surface area contributed by atoms with E-state index in [9.17, 15) is 18.0 Å². The molecule has 0 aromatic heterocycles. The Labute approximate surface area is 245 Å². The SMILES string of the molecule is CCOc1ccc(N(CC(=O)N(Cc2cccc(Cl)c2)[C@H](C)C(=O)NC)S(=O)(=O)c2ccc(OC)c(OC)c2)cc1. The number of hydrogen-bond acceptors (Lipinski definition) is 7. The third-order valence-corrected chi connectivity index (χ3v) is 8.32. The standard InChI is InChI=1S/C29H34ClN3O7S/c1-6-40-24-12-10-23(11-13-24)33(41(36,37)25-14-15-26(38-4)27(17-25)39-5)19-28(34)32(20(2)29(35)31-3)18-21-8-7-9-22(30)16-21/h7-17,20H,6,18-19H2,1-5H3,(H,31,35)/t20-/m1/s1. The molecule has 0 unspecified atom stereocenters. The van der Waals surface area contributed by atoms with Gasteiger partial charge in [-0.15, -0.1) is 0 Å². The number of hydrogen-bond donors (Lipinski definition) is 1. The smallest absolute Gasteiger partial charge is 0.264 e. The van der Waals surface area contributed by atoms with Crippen LogP contribution < -0.4 is 23.8 Å². The number of likely N-dealkylation sites (N-methyl/N-ethyl adjacent to an activating group) is 1. The average Bonchev–Trinajstić information content (AvgIpc) is 2.98. The Balaban J connectivity index is 2.08. The first-order chi connectivity index (χ1) is 19.5. The van der Waals surface area contributed by atoms with Crippen LogP contribution in [-0.4, -0.2) is 65.6 Å².